The lowest BCUT2D eigenvalue weighted by atomic mass is 9.94. The summed E-state index contributed by atoms with van der Waals surface area (Å²) in [5.41, 5.74) is 15.3. The molecule has 282 valence electrons. The number of benzene rings is 10. The molecule has 2 nitrogen and oxygen atoms in total. The van der Waals surface area contributed by atoms with Crippen molar-refractivity contribution in [3.05, 3.63) is 243 Å². The second kappa shape index (κ2) is 15.1. The van der Waals surface area contributed by atoms with Crippen molar-refractivity contribution in [3.63, 3.8) is 0 Å². The maximum atomic E-state index is 2.50. The van der Waals surface area contributed by atoms with Gasteiger partial charge in [-0.25, -0.2) is 0 Å². The van der Waals surface area contributed by atoms with Gasteiger partial charge in [0, 0.05) is 38.8 Å². The smallest absolute Gasteiger partial charge is 0.0620 e. The molecule has 0 amide bonds. The van der Waals surface area contributed by atoms with Gasteiger partial charge in [-0.15, -0.1) is 0 Å². The molecule has 10 aromatic carbocycles. The van der Waals surface area contributed by atoms with Gasteiger partial charge in [-0.2, -0.15) is 0 Å². The van der Waals surface area contributed by atoms with Crippen LogP contribution in [-0.2, 0) is 0 Å². The molecular formula is C58H40N2. The summed E-state index contributed by atoms with van der Waals surface area (Å²) in [5, 5.41) is 6.08. The summed E-state index contributed by atoms with van der Waals surface area (Å²) in [4.78, 5) is 2.37. The predicted octanol–water partition coefficient (Wildman–Crippen LogP) is 16.1. The lowest BCUT2D eigenvalue weighted by molar-refractivity contribution is 1.14. The number of fused-ring (bicyclic) bond motifs is 4. The average Bonchev–Trinajstić information content (AvgIpc) is 3.69. The van der Waals surface area contributed by atoms with Crippen molar-refractivity contribution in [2.45, 2.75) is 0 Å². The van der Waals surface area contributed by atoms with Gasteiger partial charge in [0.1, 0.15) is 0 Å². The molecule has 0 spiro atoms. The SMILES string of the molecule is c1ccc(-c2ccc(-n3c(-c4ccccc4)c(-c4ccccc4)c4ccc5c(-c6ccc(N(c7ccccc7)c7cccc8ccccc78)cc6)cccc5c43)cc2)cc1. The van der Waals surface area contributed by atoms with Crippen molar-refractivity contribution < 1.29 is 0 Å². The molecule has 1 heterocycles. The van der Waals surface area contributed by atoms with E-state index in [-0.39, 0.29) is 0 Å². The molecule has 0 aliphatic heterocycles. The molecule has 0 aliphatic rings. The largest absolute Gasteiger partial charge is 0.310 e. The van der Waals surface area contributed by atoms with Gasteiger partial charge < -0.3 is 9.47 Å². The topological polar surface area (TPSA) is 8.17 Å². The fourth-order valence-electron chi connectivity index (χ4n) is 9.04. The van der Waals surface area contributed by atoms with Crippen LogP contribution in [0.5, 0.6) is 0 Å². The Labute approximate surface area is 350 Å². The molecule has 0 unspecified atom stereocenters. The normalized spacial score (nSPS) is 11.3. The summed E-state index contributed by atoms with van der Waals surface area (Å²) in [6.07, 6.45) is 0. The zero-order valence-corrected chi connectivity index (χ0v) is 33.0. The van der Waals surface area contributed by atoms with Gasteiger partial charge in [-0.3, -0.25) is 0 Å². The summed E-state index contributed by atoms with van der Waals surface area (Å²) in [6.45, 7) is 0. The van der Waals surface area contributed by atoms with Gasteiger partial charge in [0.05, 0.1) is 16.9 Å². The molecule has 11 rings (SSSR count). The first kappa shape index (κ1) is 35.2. The summed E-state index contributed by atoms with van der Waals surface area (Å²) in [6, 6.07) is 87.8. The Hall–Kier alpha value is -7.94. The summed E-state index contributed by atoms with van der Waals surface area (Å²) < 4.78 is 2.50. The highest BCUT2D eigenvalue weighted by atomic mass is 15.1. The van der Waals surface area contributed by atoms with Crippen LogP contribution in [0.1, 0.15) is 0 Å². The third kappa shape index (κ3) is 6.14. The molecule has 60 heavy (non-hydrogen) atoms. The number of para-hydroxylation sites is 1. The maximum absolute atomic E-state index is 2.50. The summed E-state index contributed by atoms with van der Waals surface area (Å²) >= 11 is 0. The van der Waals surface area contributed by atoms with Crippen LogP contribution in [0.2, 0.25) is 0 Å². The highest BCUT2D eigenvalue weighted by molar-refractivity contribution is 6.18. The van der Waals surface area contributed by atoms with Gasteiger partial charge in [-0.1, -0.05) is 200 Å². The van der Waals surface area contributed by atoms with Gasteiger partial charge in [-0.05, 0) is 86.6 Å². The molecule has 0 aliphatic carbocycles. The van der Waals surface area contributed by atoms with E-state index in [2.05, 4.69) is 252 Å². The minimum absolute atomic E-state index is 1.11. The van der Waals surface area contributed by atoms with Crippen LogP contribution >= 0.6 is 0 Å². The van der Waals surface area contributed by atoms with Crippen molar-refractivity contribution in [1.82, 2.24) is 4.57 Å². The van der Waals surface area contributed by atoms with E-state index in [9.17, 15) is 0 Å². The third-order valence-corrected chi connectivity index (χ3v) is 11.8. The summed E-state index contributed by atoms with van der Waals surface area (Å²) in [5.74, 6) is 0. The summed E-state index contributed by atoms with van der Waals surface area (Å²) in [7, 11) is 0. The van der Waals surface area contributed by atoms with E-state index in [0.717, 1.165) is 22.7 Å². The first-order valence-electron chi connectivity index (χ1n) is 20.6. The minimum atomic E-state index is 1.11. The Balaban J connectivity index is 1.11. The van der Waals surface area contributed by atoms with E-state index in [0.29, 0.717) is 0 Å². The number of rotatable bonds is 8. The molecule has 0 saturated heterocycles. The first-order valence-corrected chi connectivity index (χ1v) is 20.6. The molecule has 0 N–H and O–H groups in total. The Morgan fingerprint density at radius 3 is 1.53 bits per heavy atom. The standard InChI is InChI=1S/C58H40N2/c1-5-17-41(18-6-1)42-31-35-49(36-32-42)60-57(46-22-9-3-10-23-46)56(45-20-7-2-8-21-45)54-40-39-52-50(28-16-29-53(52)58(54)60)44-33-37-48(38-34-44)59(47-25-11-4-12-26-47)55-30-15-24-43-19-13-14-27-51(43)55/h1-40H. The molecule has 0 fully saturated rings. The van der Waals surface area contributed by atoms with Crippen molar-refractivity contribution in [2.24, 2.45) is 0 Å². The van der Waals surface area contributed by atoms with E-state index >= 15 is 0 Å². The van der Waals surface area contributed by atoms with E-state index in [1.54, 1.807) is 0 Å². The highest BCUT2D eigenvalue weighted by Gasteiger charge is 2.24. The van der Waals surface area contributed by atoms with Crippen LogP contribution in [0.4, 0.5) is 17.1 Å². The number of hydrogen-bond donors (Lipinski definition) is 0. The lowest BCUT2D eigenvalue weighted by Gasteiger charge is -2.27. The lowest BCUT2D eigenvalue weighted by Crippen LogP contribution is -2.10. The van der Waals surface area contributed by atoms with Crippen LogP contribution < -0.4 is 4.90 Å². The van der Waals surface area contributed by atoms with E-state index in [1.807, 2.05) is 0 Å². The van der Waals surface area contributed by atoms with Gasteiger partial charge in [0.25, 0.3) is 0 Å². The molecule has 0 bridgehead atoms. The quantitative estimate of drug-likeness (QED) is 0.150. The number of anilines is 3. The van der Waals surface area contributed by atoms with Crippen LogP contribution in [0.15, 0.2) is 243 Å². The first-order chi connectivity index (χ1) is 29.8. The fraction of sp³-hybridized carbons (Fsp3) is 0. The number of nitrogens with zero attached hydrogens (tertiary/aromatic N) is 2. The van der Waals surface area contributed by atoms with Crippen molar-refractivity contribution in [2.75, 3.05) is 4.90 Å². The van der Waals surface area contributed by atoms with E-state index in [1.165, 1.54) is 77.1 Å². The highest BCUT2D eigenvalue weighted by Crippen LogP contribution is 2.47. The van der Waals surface area contributed by atoms with Crippen molar-refractivity contribution in [1.29, 1.82) is 0 Å². The minimum Gasteiger partial charge on any atom is -0.310 e. The Morgan fingerprint density at radius 2 is 0.817 bits per heavy atom. The molecule has 0 atom stereocenters. The Morgan fingerprint density at radius 1 is 0.300 bits per heavy atom. The third-order valence-electron chi connectivity index (χ3n) is 11.8. The zero-order chi connectivity index (χ0) is 39.8. The second-order valence-corrected chi connectivity index (χ2v) is 15.3. The Kier molecular flexibility index (Phi) is 8.87. The number of aromatic nitrogens is 1. The fourth-order valence-corrected chi connectivity index (χ4v) is 9.04. The molecule has 11 aromatic rings. The van der Waals surface area contributed by atoms with Crippen LogP contribution in [0.3, 0.4) is 0 Å². The molecule has 2 heteroatoms. The van der Waals surface area contributed by atoms with Gasteiger partial charge in [0.15, 0.2) is 0 Å². The van der Waals surface area contributed by atoms with Crippen molar-refractivity contribution >= 4 is 49.5 Å². The van der Waals surface area contributed by atoms with Crippen LogP contribution in [0, 0.1) is 0 Å². The predicted molar refractivity (Wildman–Crippen MR) is 255 cm³/mol. The zero-order valence-electron chi connectivity index (χ0n) is 33.0. The molecular weight excluding hydrogens is 725 g/mol. The van der Waals surface area contributed by atoms with Gasteiger partial charge in [0.2, 0.25) is 0 Å². The van der Waals surface area contributed by atoms with Crippen molar-refractivity contribution in [3.8, 4) is 50.3 Å². The second-order valence-electron chi connectivity index (χ2n) is 15.3. The van der Waals surface area contributed by atoms with E-state index < -0.39 is 0 Å². The molecule has 0 saturated carbocycles. The van der Waals surface area contributed by atoms with Gasteiger partial charge >= 0.3 is 0 Å². The monoisotopic (exact) mass is 764 g/mol. The molecule has 0 radical (unpaired) electrons. The molecule has 1 aromatic heterocycles. The average molecular weight is 765 g/mol. The number of hydrogen-bond acceptors (Lipinski definition) is 1. The Bertz CT molecular complexity index is 3260. The maximum Gasteiger partial charge on any atom is 0.0620 e. The van der Waals surface area contributed by atoms with E-state index in [4.69, 9.17) is 0 Å². The van der Waals surface area contributed by atoms with Crippen LogP contribution in [0.25, 0.3) is 82.8 Å². The van der Waals surface area contributed by atoms with Crippen LogP contribution in [-0.4, -0.2) is 4.57 Å².